The fourth-order valence-electron chi connectivity index (χ4n) is 1.40. The van der Waals surface area contributed by atoms with E-state index in [9.17, 15) is 0 Å². The molecule has 0 bridgehead atoms. The minimum absolute atomic E-state index is 0.822. The Kier molecular flexibility index (Phi) is 3.42. The third-order valence-corrected chi connectivity index (χ3v) is 4.68. The molecular weight excluding hydrogens is 387 g/mol. The summed E-state index contributed by atoms with van der Waals surface area (Å²) in [6.07, 6.45) is 0. The summed E-state index contributed by atoms with van der Waals surface area (Å²) < 4.78 is 6.44. The molecule has 0 atom stereocenters. The Morgan fingerprint density at radius 2 is 1.87 bits per heavy atom. The van der Waals surface area contributed by atoms with Crippen molar-refractivity contribution in [2.24, 2.45) is 0 Å². The van der Waals surface area contributed by atoms with E-state index in [4.69, 9.17) is 0 Å². The highest BCUT2D eigenvalue weighted by Crippen LogP contribution is 2.27. The van der Waals surface area contributed by atoms with Gasteiger partial charge in [-0.05, 0) is 71.2 Å². The Bertz CT molecular complexity index is 487. The molecular formula is C10H8BrIN2S. The molecule has 15 heavy (non-hydrogen) atoms. The molecule has 0 spiro atoms. The number of aryl methyl sites for hydroxylation is 2. The minimum Gasteiger partial charge on any atom is -0.209 e. The smallest absolute Gasteiger partial charge is 0.174 e. The van der Waals surface area contributed by atoms with Gasteiger partial charge in [-0.15, -0.1) is 0 Å². The number of halogens is 2. The average molecular weight is 395 g/mol. The molecule has 0 saturated carbocycles. The van der Waals surface area contributed by atoms with Crippen LogP contribution in [0.4, 0.5) is 0 Å². The maximum atomic E-state index is 4.37. The van der Waals surface area contributed by atoms with E-state index in [1.807, 2.05) is 0 Å². The van der Waals surface area contributed by atoms with Gasteiger partial charge in [0, 0.05) is 10.0 Å². The summed E-state index contributed by atoms with van der Waals surface area (Å²) in [5, 5.41) is 0. The molecule has 0 unspecified atom stereocenters. The molecule has 1 aromatic carbocycles. The van der Waals surface area contributed by atoms with Crippen LogP contribution >= 0.6 is 50.1 Å². The Hall–Kier alpha value is -0.0100. The number of nitrogens with zero attached hydrogens (tertiary/aromatic N) is 2. The molecule has 0 fully saturated rings. The first kappa shape index (κ1) is 11.5. The lowest BCUT2D eigenvalue weighted by Crippen LogP contribution is -1.87. The topological polar surface area (TPSA) is 25.8 Å². The number of benzene rings is 1. The van der Waals surface area contributed by atoms with Crippen molar-refractivity contribution < 1.29 is 0 Å². The van der Waals surface area contributed by atoms with Crippen LogP contribution in [0.3, 0.4) is 0 Å². The van der Waals surface area contributed by atoms with Crippen molar-refractivity contribution in [3.05, 3.63) is 30.7 Å². The van der Waals surface area contributed by atoms with Gasteiger partial charge in [-0.2, -0.15) is 4.37 Å². The third-order valence-electron chi connectivity index (χ3n) is 2.10. The summed E-state index contributed by atoms with van der Waals surface area (Å²) in [6.45, 7) is 4.16. The third kappa shape index (κ3) is 2.39. The van der Waals surface area contributed by atoms with Gasteiger partial charge in [-0.3, -0.25) is 0 Å². The molecule has 5 heteroatoms. The van der Waals surface area contributed by atoms with Crippen LogP contribution in [0.15, 0.2) is 16.6 Å². The Balaban J connectivity index is 2.55. The monoisotopic (exact) mass is 394 g/mol. The highest BCUT2D eigenvalue weighted by molar-refractivity contribution is 14.1. The van der Waals surface area contributed by atoms with Gasteiger partial charge >= 0.3 is 0 Å². The van der Waals surface area contributed by atoms with E-state index in [0.29, 0.717) is 0 Å². The van der Waals surface area contributed by atoms with Crippen LogP contribution in [-0.2, 0) is 0 Å². The van der Waals surface area contributed by atoms with E-state index in [2.05, 4.69) is 73.9 Å². The van der Waals surface area contributed by atoms with Crippen molar-refractivity contribution in [1.82, 2.24) is 9.36 Å². The van der Waals surface area contributed by atoms with Gasteiger partial charge in [-0.1, -0.05) is 15.9 Å². The van der Waals surface area contributed by atoms with E-state index in [1.54, 1.807) is 0 Å². The maximum Gasteiger partial charge on any atom is 0.174 e. The summed E-state index contributed by atoms with van der Waals surface area (Å²) >= 11 is 7.17. The maximum absolute atomic E-state index is 4.37. The molecule has 1 aromatic heterocycles. The highest BCUT2D eigenvalue weighted by Gasteiger charge is 2.08. The molecule has 2 nitrogen and oxygen atoms in total. The van der Waals surface area contributed by atoms with Gasteiger partial charge in [0.15, 0.2) is 8.84 Å². The normalized spacial score (nSPS) is 10.7. The summed E-state index contributed by atoms with van der Waals surface area (Å²) in [4.78, 5) is 4.37. The first-order valence-electron chi connectivity index (χ1n) is 4.34. The summed E-state index contributed by atoms with van der Waals surface area (Å²) in [7, 11) is 0. The van der Waals surface area contributed by atoms with Crippen molar-refractivity contribution in [3.63, 3.8) is 0 Å². The second-order valence-electron chi connectivity index (χ2n) is 3.29. The molecule has 0 aliphatic heterocycles. The van der Waals surface area contributed by atoms with Crippen molar-refractivity contribution in [3.8, 4) is 11.4 Å². The number of hydrogen-bond acceptors (Lipinski definition) is 3. The van der Waals surface area contributed by atoms with E-state index in [1.165, 1.54) is 22.7 Å². The van der Waals surface area contributed by atoms with Gasteiger partial charge in [0.25, 0.3) is 0 Å². The van der Waals surface area contributed by atoms with Gasteiger partial charge in [-0.25, -0.2) is 4.98 Å². The number of rotatable bonds is 1. The first-order valence-corrected chi connectivity index (χ1v) is 6.99. The van der Waals surface area contributed by atoms with Crippen molar-refractivity contribution in [2.75, 3.05) is 0 Å². The molecule has 0 radical (unpaired) electrons. The molecule has 0 aliphatic rings. The average Bonchev–Trinajstić information content (AvgIpc) is 2.60. The lowest BCUT2D eigenvalue weighted by atomic mass is 10.1. The number of hydrogen-bond donors (Lipinski definition) is 0. The van der Waals surface area contributed by atoms with Crippen LogP contribution < -0.4 is 0 Å². The largest absolute Gasteiger partial charge is 0.209 e. The predicted octanol–water partition coefficient (Wildman–Crippen LogP) is 4.19. The van der Waals surface area contributed by atoms with Crippen LogP contribution in [0.25, 0.3) is 11.4 Å². The van der Waals surface area contributed by atoms with E-state index in [0.717, 1.165) is 18.9 Å². The second kappa shape index (κ2) is 4.47. The molecule has 0 saturated heterocycles. The minimum atomic E-state index is 0.822. The standard InChI is InChI=1S/C10H8BrIN2S/c1-5-3-7(4-6(2)8(5)11)9-13-10(12)15-14-9/h3-4H,1-2H3. The summed E-state index contributed by atoms with van der Waals surface area (Å²) in [5.74, 6) is 0.822. The van der Waals surface area contributed by atoms with Crippen LogP contribution in [0, 0.1) is 16.9 Å². The van der Waals surface area contributed by atoms with Gasteiger partial charge in [0.2, 0.25) is 0 Å². The molecule has 1 heterocycles. The number of aromatic nitrogens is 2. The molecule has 0 N–H and O–H groups in total. The second-order valence-corrected chi connectivity index (χ2v) is 6.59. The van der Waals surface area contributed by atoms with Gasteiger partial charge < -0.3 is 0 Å². The summed E-state index contributed by atoms with van der Waals surface area (Å²) in [6, 6.07) is 4.21. The SMILES string of the molecule is Cc1cc(-c2nsc(I)n2)cc(C)c1Br. The van der Waals surface area contributed by atoms with Gasteiger partial charge in [0.1, 0.15) is 0 Å². The van der Waals surface area contributed by atoms with E-state index >= 15 is 0 Å². The zero-order chi connectivity index (χ0) is 11.0. The van der Waals surface area contributed by atoms with E-state index in [-0.39, 0.29) is 0 Å². The fourth-order valence-corrected chi connectivity index (χ4v) is 2.59. The predicted molar refractivity (Wildman–Crippen MR) is 75.2 cm³/mol. The Morgan fingerprint density at radius 1 is 1.27 bits per heavy atom. The van der Waals surface area contributed by atoms with Crippen molar-refractivity contribution in [1.29, 1.82) is 0 Å². The molecule has 2 aromatic rings. The van der Waals surface area contributed by atoms with Crippen LogP contribution in [0.1, 0.15) is 11.1 Å². The quantitative estimate of drug-likeness (QED) is 0.677. The van der Waals surface area contributed by atoms with Crippen molar-refractivity contribution in [2.45, 2.75) is 13.8 Å². The fraction of sp³-hybridized carbons (Fsp3) is 0.200. The van der Waals surface area contributed by atoms with E-state index < -0.39 is 0 Å². The van der Waals surface area contributed by atoms with Crippen LogP contribution in [0.5, 0.6) is 0 Å². The first-order chi connectivity index (χ1) is 7.08. The van der Waals surface area contributed by atoms with Crippen LogP contribution in [0.2, 0.25) is 0 Å². The Labute approximate surface area is 115 Å². The molecule has 0 aliphatic carbocycles. The molecule has 78 valence electrons. The highest BCUT2D eigenvalue weighted by atomic mass is 127. The molecule has 0 amide bonds. The Morgan fingerprint density at radius 3 is 2.33 bits per heavy atom. The lowest BCUT2D eigenvalue weighted by molar-refractivity contribution is 1.27. The zero-order valence-corrected chi connectivity index (χ0v) is 12.8. The summed E-state index contributed by atoms with van der Waals surface area (Å²) in [5.41, 5.74) is 3.52. The van der Waals surface area contributed by atoms with Gasteiger partial charge in [0.05, 0.1) is 0 Å². The van der Waals surface area contributed by atoms with Crippen molar-refractivity contribution >= 4 is 50.1 Å². The van der Waals surface area contributed by atoms with Crippen LogP contribution in [-0.4, -0.2) is 9.36 Å². The lowest BCUT2D eigenvalue weighted by Gasteiger charge is -2.04. The molecule has 2 rings (SSSR count). The zero-order valence-electron chi connectivity index (χ0n) is 8.21.